The first-order valence-corrected chi connectivity index (χ1v) is 6.53. The molecule has 0 bridgehead atoms. The van der Waals surface area contributed by atoms with Crippen LogP contribution in [0.3, 0.4) is 0 Å². The van der Waals surface area contributed by atoms with Gasteiger partial charge in [0, 0.05) is 25.8 Å². The molecule has 1 aromatic heterocycles. The van der Waals surface area contributed by atoms with Gasteiger partial charge in [0.25, 0.3) is 10.0 Å². The fourth-order valence-electron chi connectivity index (χ4n) is 1.66. The Labute approximate surface area is 94.6 Å². The van der Waals surface area contributed by atoms with Gasteiger partial charge in [0.05, 0.1) is 11.9 Å². The molecular weight excluding hydrogens is 230 g/mol. The zero-order valence-electron chi connectivity index (χ0n) is 9.29. The normalized spacial score (nSPS) is 20.7. The minimum Gasteiger partial charge on any atom is -0.387 e. The van der Waals surface area contributed by atoms with Crippen LogP contribution in [0.5, 0.6) is 0 Å². The lowest BCUT2D eigenvalue weighted by molar-refractivity contribution is -0.0427. The molecule has 1 aromatic rings. The lowest BCUT2D eigenvalue weighted by atomic mass is 10.0. The predicted molar refractivity (Wildman–Crippen MR) is 57.3 cm³/mol. The van der Waals surface area contributed by atoms with Crippen LogP contribution in [0.4, 0.5) is 0 Å². The standard InChI is InChI=1S/C9H15N3O3S/c1-3-11-4-8(10-7-11)16(14,15)12-5-9(2,13)6-12/h4,7,13H,3,5-6H2,1-2H3. The quantitative estimate of drug-likeness (QED) is 0.790. The molecule has 1 fully saturated rings. The van der Waals surface area contributed by atoms with Crippen molar-refractivity contribution in [2.45, 2.75) is 31.0 Å². The number of aromatic nitrogens is 2. The molecule has 1 aliphatic rings. The fraction of sp³-hybridized carbons (Fsp3) is 0.667. The van der Waals surface area contributed by atoms with Crippen molar-refractivity contribution in [1.29, 1.82) is 0 Å². The SMILES string of the molecule is CCn1cnc(S(=O)(=O)N2CC(C)(O)C2)c1. The minimum absolute atomic E-state index is 0.0462. The van der Waals surface area contributed by atoms with Gasteiger partial charge in [-0.15, -0.1) is 0 Å². The van der Waals surface area contributed by atoms with Crippen LogP contribution in [0.15, 0.2) is 17.6 Å². The van der Waals surface area contributed by atoms with Gasteiger partial charge in [0.15, 0.2) is 5.03 Å². The van der Waals surface area contributed by atoms with Crippen molar-refractivity contribution in [3.05, 3.63) is 12.5 Å². The van der Waals surface area contributed by atoms with Crippen molar-refractivity contribution < 1.29 is 13.5 Å². The minimum atomic E-state index is -3.52. The van der Waals surface area contributed by atoms with Crippen molar-refractivity contribution in [2.75, 3.05) is 13.1 Å². The van der Waals surface area contributed by atoms with Crippen LogP contribution < -0.4 is 0 Å². The molecule has 2 heterocycles. The van der Waals surface area contributed by atoms with Crippen molar-refractivity contribution in [3.63, 3.8) is 0 Å². The van der Waals surface area contributed by atoms with Gasteiger partial charge in [-0.25, -0.2) is 13.4 Å². The molecule has 16 heavy (non-hydrogen) atoms. The average Bonchev–Trinajstić information content (AvgIpc) is 2.62. The van der Waals surface area contributed by atoms with Crippen LogP contribution in [0.25, 0.3) is 0 Å². The summed E-state index contributed by atoms with van der Waals surface area (Å²) in [6.45, 7) is 4.47. The Kier molecular flexibility index (Phi) is 2.56. The van der Waals surface area contributed by atoms with E-state index in [0.717, 1.165) is 0 Å². The highest BCUT2D eigenvalue weighted by Gasteiger charge is 2.44. The average molecular weight is 245 g/mol. The summed E-state index contributed by atoms with van der Waals surface area (Å²) < 4.78 is 26.9. The molecule has 90 valence electrons. The van der Waals surface area contributed by atoms with Crippen LogP contribution in [0.2, 0.25) is 0 Å². The molecule has 7 heteroatoms. The number of β-amino-alcohol motifs (C(OH)–C–C–N with tert-alkyl or cyclic N) is 1. The van der Waals surface area contributed by atoms with Crippen LogP contribution in [-0.4, -0.2) is 46.1 Å². The van der Waals surface area contributed by atoms with Crippen molar-refractivity contribution in [1.82, 2.24) is 13.9 Å². The molecule has 1 saturated heterocycles. The van der Waals surface area contributed by atoms with Crippen LogP contribution in [-0.2, 0) is 16.6 Å². The lowest BCUT2D eigenvalue weighted by Gasteiger charge is -2.42. The first-order valence-electron chi connectivity index (χ1n) is 5.09. The summed E-state index contributed by atoms with van der Waals surface area (Å²) in [5.41, 5.74) is -0.902. The first kappa shape index (κ1) is 11.6. The number of nitrogens with zero attached hydrogens (tertiary/aromatic N) is 3. The van der Waals surface area contributed by atoms with Gasteiger partial charge in [-0.3, -0.25) is 0 Å². The van der Waals surface area contributed by atoms with E-state index in [9.17, 15) is 13.5 Å². The second kappa shape index (κ2) is 3.54. The lowest BCUT2D eigenvalue weighted by Crippen LogP contribution is -2.61. The van der Waals surface area contributed by atoms with Gasteiger partial charge < -0.3 is 9.67 Å². The first-order chi connectivity index (χ1) is 7.35. The van der Waals surface area contributed by atoms with Gasteiger partial charge in [-0.1, -0.05) is 0 Å². The Morgan fingerprint density at radius 2 is 2.19 bits per heavy atom. The van der Waals surface area contributed by atoms with E-state index < -0.39 is 15.6 Å². The van der Waals surface area contributed by atoms with E-state index in [2.05, 4.69) is 4.98 Å². The molecule has 0 amide bonds. The van der Waals surface area contributed by atoms with Gasteiger partial charge in [0.1, 0.15) is 0 Å². The highest BCUT2D eigenvalue weighted by molar-refractivity contribution is 7.89. The summed E-state index contributed by atoms with van der Waals surface area (Å²) in [6.07, 6.45) is 2.99. The molecule has 6 nitrogen and oxygen atoms in total. The van der Waals surface area contributed by atoms with Crippen LogP contribution in [0, 0.1) is 0 Å². The maximum absolute atomic E-state index is 12.0. The second-order valence-corrected chi connectivity index (χ2v) is 6.20. The number of sulfonamides is 1. The van der Waals surface area contributed by atoms with E-state index >= 15 is 0 Å². The molecular formula is C9H15N3O3S. The van der Waals surface area contributed by atoms with E-state index in [-0.39, 0.29) is 18.1 Å². The highest BCUT2D eigenvalue weighted by Crippen LogP contribution is 2.26. The zero-order chi connectivity index (χ0) is 12.0. The highest BCUT2D eigenvalue weighted by atomic mass is 32.2. The fourth-order valence-corrected chi connectivity index (χ4v) is 3.27. The Balaban J connectivity index is 2.20. The Hall–Kier alpha value is -0.920. The zero-order valence-corrected chi connectivity index (χ0v) is 10.1. The third-order valence-electron chi connectivity index (χ3n) is 2.61. The molecule has 0 aliphatic carbocycles. The molecule has 1 N–H and O–H groups in total. The third-order valence-corrected chi connectivity index (χ3v) is 4.29. The Morgan fingerprint density at radius 3 is 2.62 bits per heavy atom. The van der Waals surface area contributed by atoms with Crippen molar-refractivity contribution in [3.8, 4) is 0 Å². The van der Waals surface area contributed by atoms with E-state index in [1.807, 2.05) is 6.92 Å². The van der Waals surface area contributed by atoms with E-state index in [4.69, 9.17) is 0 Å². The maximum atomic E-state index is 12.0. The number of aliphatic hydroxyl groups is 1. The predicted octanol–water partition coefficient (Wildman–Crippen LogP) is -0.342. The Morgan fingerprint density at radius 1 is 1.56 bits per heavy atom. The number of imidazole rings is 1. The summed E-state index contributed by atoms with van der Waals surface area (Å²) in [5.74, 6) is 0. The molecule has 0 aromatic carbocycles. The monoisotopic (exact) mass is 245 g/mol. The Bertz CT molecular complexity index is 484. The molecule has 1 aliphatic heterocycles. The van der Waals surface area contributed by atoms with Crippen molar-refractivity contribution in [2.24, 2.45) is 0 Å². The van der Waals surface area contributed by atoms with Gasteiger partial charge in [-0.2, -0.15) is 4.31 Å². The maximum Gasteiger partial charge on any atom is 0.262 e. The van der Waals surface area contributed by atoms with E-state index in [0.29, 0.717) is 6.54 Å². The summed E-state index contributed by atoms with van der Waals surface area (Å²) >= 11 is 0. The summed E-state index contributed by atoms with van der Waals surface area (Å²) in [5, 5.41) is 9.56. The number of hydrogen-bond donors (Lipinski definition) is 1. The van der Waals surface area contributed by atoms with Crippen LogP contribution in [0.1, 0.15) is 13.8 Å². The molecule has 0 radical (unpaired) electrons. The second-order valence-electron chi connectivity index (χ2n) is 4.31. The number of hydrogen-bond acceptors (Lipinski definition) is 4. The van der Waals surface area contributed by atoms with E-state index in [1.165, 1.54) is 16.8 Å². The van der Waals surface area contributed by atoms with Gasteiger partial charge in [-0.05, 0) is 13.8 Å². The molecule has 0 spiro atoms. The molecule has 0 atom stereocenters. The third kappa shape index (κ3) is 1.85. The number of rotatable bonds is 3. The number of aryl methyl sites for hydroxylation is 1. The van der Waals surface area contributed by atoms with Crippen LogP contribution >= 0.6 is 0 Å². The largest absolute Gasteiger partial charge is 0.387 e. The summed E-state index contributed by atoms with van der Waals surface area (Å²) in [4.78, 5) is 3.86. The van der Waals surface area contributed by atoms with Gasteiger partial charge in [0.2, 0.25) is 0 Å². The molecule has 0 unspecified atom stereocenters. The van der Waals surface area contributed by atoms with E-state index in [1.54, 1.807) is 11.5 Å². The molecule has 2 rings (SSSR count). The summed E-state index contributed by atoms with van der Waals surface area (Å²) in [6, 6.07) is 0. The summed E-state index contributed by atoms with van der Waals surface area (Å²) in [7, 11) is -3.52. The van der Waals surface area contributed by atoms with Crippen molar-refractivity contribution >= 4 is 10.0 Å². The van der Waals surface area contributed by atoms with Gasteiger partial charge >= 0.3 is 0 Å². The topological polar surface area (TPSA) is 75.4 Å². The smallest absolute Gasteiger partial charge is 0.262 e. The molecule has 0 saturated carbocycles.